The van der Waals surface area contributed by atoms with Gasteiger partial charge in [0.1, 0.15) is 6.67 Å². The molecule has 0 aliphatic carbocycles. The van der Waals surface area contributed by atoms with E-state index in [9.17, 15) is 9.50 Å². The molecule has 0 atom stereocenters. The van der Waals surface area contributed by atoms with Gasteiger partial charge >= 0.3 is 0 Å². The smallest absolute Gasteiger partial charge is 0.102 e. The minimum Gasteiger partial charge on any atom is -0.389 e. The number of likely N-dealkylation sites (N-methyl/N-ethyl adjacent to an activating group) is 1. The zero-order valence-corrected chi connectivity index (χ0v) is 6.89. The summed E-state index contributed by atoms with van der Waals surface area (Å²) in [4.78, 5) is 1.76. The van der Waals surface area contributed by atoms with Crippen LogP contribution < -0.4 is 0 Å². The van der Waals surface area contributed by atoms with Crippen LogP contribution in [0.4, 0.5) is 4.39 Å². The number of rotatable bonds is 4. The lowest BCUT2D eigenvalue weighted by molar-refractivity contribution is 0.0432. The van der Waals surface area contributed by atoms with E-state index in [0.717, 1.165) is 0 Å². The van der Waals surface area contributed by atoms with E-state index in [2.05, 4.69) is 0 Å². The first-order chi connectivity index (χ1) is 4.45. The summed E-state index contributed by atoms with van der Waals surface area (Å²) in [5, 5.41) is 9.25. The van der Waals surface area contributed by atoms with Crippen LogP contribution in [-0.4, -0.2) is 42.4 Å². The van der Waals surface area contributed by atoms with Gasteiger partial charge < -0.3 is 10.0 Å². The zero-order valence-electron chi connectivity index (χ0n) is 6.89. The number of nitrogens with zero attached hydrogens (tertiary/aromatic N) is 1. The van der Waals surface area contributed by atoms with Crippen LogP contribution in [0, 0.1) is 0 Å². The second-order valence-electron chi connectivity index (χ2n) is 3.24. The molecule has 0 aromatic carbocycles. The van der Waals surface area contributed by atoms with Gasteiger partial charge in [-0.3, -0.25) is 0 Å². The molecule has 2 nitrogen and oxygen atoms in total. The fraction of sp³-hybridized carbons (Fsp3) is 1.00. The second kappa shape index (κ2) is 3.88. The largest absolute Gasteiger partial charge is 0.389 e. The molecule has 0 unspecified atom stereocenters. The van der Waals surface area contributed by atoms with Crippen LogP contribution in [0.3, 0.4) is 0 Å². The summed E-state index contributed by atoms with van der Waals surface area (Å²) < 4.78 is 11.7. The van der Waals surface area contributed by atoms with Gasteiger partial charge in [-0.2, -0.15) is 0 Å². The van der Waals surface area contributed by atoms with Crippen molar-refractivity contribution in [3.8, 4) is 0 Å². The van der Waals surface area contributed by atoms with Gasteiger partial charge in [0.15, 0.2) is 0 Å². The summed E-state index contributed by atoms with van der Waals surface area (Å²) in [5.41, 5.74) is -0.718. The van der Waals surface area contributed by atoms with Gasteiger partial charge in [0, 0.05) is 13.1 Å². The monoisotopic (exact) mass is 149 g/mol. The predicted molar refractivity (Wildman–Crippen MR) is 39.8 cm³/mol. The molecule has 10 heavy (non-hydrogen) atoms. The molecule has 0 aromatic rings. The van der Waals surface area contributed by atoms with E-state index in [1.54, 1.807) is 25.8 Å². The van der Waals surface area contributed by atoms with Crippen molar-refractivity contribution in [1.82, 2.24) is 4.90 Å². The van der Waals surface area contributed by atoms with Crippen molar-refractivity contribution in [2.75, 3.05) is 26.8 Å². The molecule has 0 heterocycles. The third-order valence-electron chi connectivity index (χ3n) is 1.12. The van der Waals surface area contributed by atoms with E-state index in [1.807, 2.05) is 0 Å². The van der Waals surface area contributed by atoms with Gasteiger partial charge in [-0.1, -0.05) is 0 Å². The first-order valence-corrected chi connectivity index (χ1v) is 3.42. The predicted octanol–water partition coefficient (Wildman–Crippen LogP) is 0.659. The normalized spacial score (nSPS) is 12.6. The fourth-order valence-electron chi connectivity index (χ4n) is 0.884. The van der Waals surface area contributed by atoms with Gasteiger partial charge in [-0.15, -0.1) is 0 Å². The maximum Gasteiger partial charge on any atom is 0.102 e. The highest BCUT2D eigenvalue weighted by molar-refractivity contribution is 4.69. The van der Waals surface area contributed by atoms with Crippen molar-refractivity contribution in [2.24, 2.45) is 0 Å². The Labute approximate surface area is 61.6 Å². The van der Waals surface area contributed by atoms with Gasteiger partial charge in [0.25, 0.3) is 0 Å². The summed E-state index contributed by atoms with van der Waals surface area (Å²) >= 11 is 0. The molecule has 0 saturated heterocycles. The average Bonchev–Trinajstić information content (AvgIpc) is 1.59. The van der Waals surface area contributed by atoms with Crippen molar-refractivity contribution < 1.29 is 9.50 Å². The molecule has 62 valence electrons. The highest BCUT2D eigenvalue weighted by Gasteiger charge is 2.14. The fourth-order valence-corrected chi connectivity index (χ4v) is 0.884. The summed E-state index contributed by atoms with van der Waals surface area (Å²) in [6.07, 6.45) is 0. The first-order valence-electron chi connectivity index (χ1n) is 3.42. The van der Waals surface area contributed by atoms with Crippen LogP contribution in [-0.2, 0) is 0 Å². The van der Waals surface area contributed by atoms with E-state index in [1.165, 1.54) is 0 Å². The number of hydrogen-bond donors (Lipinski definition) is 1. The molecule has 1 N–H and O–H groups in total. The maximum atomic E-state index is 11.7. The van der Waals surface area contributed by atoms with Crippen molar-refractivity contribution >= 4 is 0 Å². The molecular weight excluding hydrogens is 133 g/mol. The van der Waals surface area contributed by atoms with Crippen molar-refractivity contribution in [3.05, 3.63) is 0 Å². The Kier molecular flexibility index (Phi) is 3.83. The molecule has 0 bridgehead atoms. The standard InChI is InChI=1S/C7H16FNO/c1-7(2,10)6-9(3)5-4-8/h10H,4-6H2,1-3H3. The van der Waals surface area contributed by atoms with E-state index in [4.69, 9.17) is 0 Å². The number of halogens is 1. The molecule has 0 radical (unpaired) electrons. The molecule has 0 spiro atoms. The maximum absolute atomic E-state index is 11.7. The minimum absolute atomic E-state index is 0.355. The lowest BCUT2D eigenvalue weighted by atomic mass is 10.1. The van der Waals surface area contributed by atoms with E-state index in [-0.39, 0.29) is 6.67 Å². The van der Waals surface area contributed by atoms with Crippen LogP contribution in [0.2, 0.25) is 0 Å². The lowest BCUT2D eigenvalue weighted by Crippen LogP contribution is -2.37. The second-order valence-corrected chi connectivity index (χ2v) is 3.24. The van der Waals surface area contributed by atoms with Crippen LogP contribution in [0.25, 0.3) is 0 Å². The zero-order chi connectivity index (χ0) is 8.20. The Hall–Kier alpha value is -0.150. The molecule has 3 heteroatoms. The summed E-state index contributed by atoms with van der Waals surface area (Å²) in [7, 11) is 1.79. The molecule has 0 aliphatic heterocycles. The SMILES string of the molecule is CN(CCF)CC(C)(C)O. The number of aliphatic hydroxyl groups is 1. The Morgan fingerprint density at radius 3 is 2.30 bits per heavy atom. The first kappa shape index (κ1) is 9.85. The summed E-state index contributed by atoms with van der Waals surface area (Å²) in [6, 6.07) is 0. The lowest BCUT2D eigenvalue weighted by Gasteiger charge is -2.24. The number of alkyl halides is 1. The van der Waals surface area contributed by atoms with Crippen LogP contribution in [0.5, 0.6) is 0 Å². The third-order valence-corrected chi connectivity index (χ3v) is 1.12. The third kappa shape index (κ3) is 5.98. The summed E-state index contributed by atoms with van der Waals surface area (Å²) in [6.45, 7) is 3.97. The van der Waals surface area contributed by atoms with Crippen molar-refractivity contribution in [3.63, 3.8) is 0 Å². The van der Waals surface area contributed by atoms with Crippen LogP contribution in [0.15, 0.2) is 0 Å². The molecular formula is C7H16FNO. The molecule has 0 aliphatic rings. The van der Waals surface area contributed by atoms with E-state index >= 15 is 0 Å². The van der Waals surface area contributed by atoms with Gasteiger partial charge in [0.2, 0.25) is 0 Å². The Bertz CT molecular complexity index is 90.1. The minimum atomic E-state index is -0.718. The van der Waals surface area contributed by atoms with Gasteiger partial charge in [0.05, 0.1) is 5.60 Å². The van der Waals surface area contributed by atoms with Crippen molar-refractivity contribution in [2.45, 2.75) is 19.4 Å². The average molecular weight is 149 g/mol. The van der Waals surface area contributed by atoms with E-state index < -0.39 is 5.60 Å². The van der Waals surface area contributed by atoms with Crippen LogP contribution >= 0.6 is 0 Å². The Morgan fingerprint density at radius 1 is 1.50 bits per heavy atom. The topological polar surface area (TPSA) is 23.5 Å². The molecule has 0 amide bonds. The molecule has 0 fully saturated rings. The highest BCUT2D eigenvalue weighted by Crippen LogP contribution is 2.02. The van der Waals surface area contributed by atoms with Gasteiger partial charge in [-0.25, -0.2) is 4.39 Å². The van der Waals surface area contributed by atoms with Crippen LogP contribution in [0.1, 0.15) is 13.8 Å². The molecule has 0 rings (SSSR count). The van der Waals surface area contributed by atoms with Gasteiger partial charge in [-0.05, 0) is 20.9 Å². The number of hydrogen-bond acceptors (Lipinski definition) is 2. The Morgan fingerprint density at radius 2 is 2.00 bits per heavy atom. The highest BCUT2D eigenvalue weighted by atomic mass is 19.1. The quantitative estimate of drug-likeness (QED) is 0.634. The Balaban J connectivity index is 3.47. The molecule has 0 aromatic heterocycles. The van der Waals surface area contributed by atoms with E-state index in [0.29, 0.717) is 13.1 Å². The molecule has 0 saturated carbocycles. The van der Waals surface area contributed by atoms with Crippen molar-refractivity contribution in [1.29, 1.82) is 0 Å². The summed E-state index contributed by atoms with van der Waals surface area (Å²) in [5.74, 6) is 0.